The van der Waals surface area contributed by atoms with Gasteiger partial charge < -0.3 is 4.90 Å². The first-order chi connectivity index (χ1) is 20.8. The van der Waals surface area contributed by atoms with Crippen LogP contribution in [0.1, 0.15) is 37.9 Å². The van der Waals surface area contributed by atoms with E-state index in [1.165, 1.54) is 6.07 Å². The van der Waals surface area contributed by atoms with Gasteiger partial charge in [-0.05, 0) is 61.6 Å². The second-order valence-electron chi connectivity index (χ2n) is 12.1. The molecule has 6 heteroatoms. The van der Waals surface area contributed by atoms with Gasteiger partial charge in [-0.25, -0.2) is 14.4 Å². The van der Waals surface area contributed by atoms with Crippen molar-refractivity contribution in [2.75, 3.05) is 11.9 Å². The highest BCUT2D eigenvalue weighted by Gasteiger charge is 2.51. The van der Waals surface area contributed by atoms with Crippen LogP contribution in [-0.2, 0) is 16.6 Å². The fourth-order valence-electron chi connectivity index (χ4n) is 7.34. The molecule has 2 aliphatic rings. The smallest absolute Gasteiger partial charge is 0.163 e. The fraction of sp³-hybridized carbons (Fsp3) is 0.243. The Morgan fingerprint density at radius 3 is 2.51 bits per heavy atom. The molecule has 7 rings (SSSR count). The van der Waals surface area contributed by atoms with Crippen molar-refractivity contribution in [3.63, 3.8) is 0 Å². The van der Waals surface area contributed by atoms with E-state index >= 15 is 4.39 Å². The van der Waals surface area contributed by atoms with Gasteiger partial charge in [-0.3, -0.25) is 9.78 Å². The SMILES string of the molecule is C[C@H]1C(=O)/C(=C\N(C)c2ccccc2)C[C@@]2(C)c3nc(-c4cccc5ncccc45)nc(-c4ccccc4F)c3CC[C@H]12. The predicted octanol–water partition coefficient (Wildman–Crippen LogP) is 7.95. The lowest BCUT2D eigenvalue weighted by molar-refractivity contribution is -0.123. The Bertz CT molecular complexity index is 1900. The maximum absolute atomic E-state index is 15.4. The van der Waals surface area contributed by atoms with Crippen molar-refractivity contribution in [2.45, 2.75) is 38.5 Å². The van der Waals surface area contributed by atoms with Crippen molar-refractivity contribution in [2.24, 2.45) is 11.8 Å². The summed E-state index contributed by atoms with van der Waals surface area (Å²) in [6, 6.07) is 26.8. The van der Waals surface area contributed by atoms with E-state index in [-0.39, 0.29) is 23.4 Å². The molecule has 1 fully saturated rings. The minimum Gasteiger partial charge on any atom is -0.351 e. The third-order valence-corrected chi connectivity index (χ3v) is 9.49. The standard InChI is InChI=1S/C37H33FN4O/c1-23-30-19-18-29-33(28-13-7-8-16-31(28)38)40-36(27-14-9-17-32-26(27)15-10-20-39-32)41-35(29)37(30,2)21-24(34(23)43)22-42(3)25-11-5-4-6-12-25/h4-17,20,22-23,30H,18-19,21H2,1-3H3/b24-22-/t23-,30-,37-/m1/s1. The van der Waals surface area contributed by atoms with Gasteiger partial charge in [-0.2, -0.15) is 0 Å². The van der Waals surface area contributed by atoms with Crippen LogP contribution < -0.4 is 4.90 Å². The largest absolute Gasteiger partial charge is 0.351 e. The predicted molar refractivity (Wildman–Crippen MR) is 169 cm³/mol. The number of benzene rings is 3. The molecule has 5 nitrogen and oxygen atoms in total. The number of pyridine rings is 1. The van der Waals surface area contributed by atoms with Crippen LogP contribution in [0.4, 0.5) is 10.1 Å². The Hall–Kier alpha value is -4.71. The van der Waals surface area contributed by atoms with Crippen LogP contribution in [0.25, 0.3) is 33.5 Å². The van der Waals surface area contributed by atoms with Gasteiger partial charge in [0.1, 0.15) is 5.82 Å². The first-order valence-electron chi connectivity index (χ1n) is 14.9. The zero-order valence-corrected chi connectivity index (χ0v) is 24.6. The number of ketones is 1. The third kappa shape index (κ3) is 4.53. The Labute approximate surface area is 251 Å². The molecular formula is C37H33FN4O. The van der Waals surface area contributed by atoms with Crippen LogP contribution in [-0.4, -0.2) is 27.8 Å². The van der Waals surface area contributed by atoms with Crippen LogP contribution in [0.2, 0.25) is 0 Å². The second-order valence-corrected chi connectivity index (χ2v) is 12.1. The Morgan fingerprint density at radius 1 is 0.930 bits per heavy atom. The molecule has 3 atom stereocenters. The molecular weight excluding hydrogens is 535 g/mol. The molecule has 2 heterocycles. The van der Waals surface area contributed by atoms with Gasteiger partial charge in [0.15, 0.2) is 11.6 Å². The van der Waals surface area contributed by atoms with Gasteiger partial charge >= 0.3 is 0 Å². The molecule has 2 aromatic heterocycles. The number of aromatic nitrogens is 3. The summed E-state index contributed by atoms with van der Waals surface area (Å²) < 4.78 is 15.4. The number of anilines is 1. The Kier molecular flexibility index (Phi) is 6.65. The number of fused-ring (bicyclic) bond motifs is 4. The van der Waals surface area contributed by atoms with Crippen LogP contribution in [0.5, 0.6) is 0 Å². The summed E-state index contributed by atoms with van der Waals surface area (Å²) in [5, 5.41) is 0.944. The number of hydrogen-bond donors (Lipinski definition) is 0. The molecule has 214 valence electrons. The van der Waals surface area contributed by atoms with Gasteiger partial charge in [0.05, 0.1) is 16.9 Å². The number of para-hydroxylation sites is 1. The maximum Gasteiger partial charge on any atom is 0.163 e. The number of carbonyl (C=O) groups excluding carboxylic acids is 1. The van der Waals surface area contributed by atoms with Gasteiger partial charge in [-0.1, -0.05) is 62.4 Å². The molecule has 0 spiro atoms. The van der Waals surface area contributed by atoms with Crippen molar-refractivity contribution < 1.29 is 9.18 Å². The zero-order valence-electron chi connectivity index (χ0n) is 24.6. The van der Waals surface area contributed by atoms with Crippen LogP contribution in [0.3, 0.4) is 0 Å². The summed E-state index contributed by atoms with van der Waals surface area (Å²) in [7, 11) is 1.98. The molecule has 5 aromatic rings. The molecule has 1 saturated carbocycles. The quantitative estimate of drug-likeness (QED) is 0.206. The molecule has 0 unspecified atom stereocenters. The molecule has 0 N–H and O–H groups in total. The van der Waals surface area contributed by atoms with Gasteiger partial charge in [-0.15, -0.1) is 0 Å². The number of Topliss-reactive ketones (excluding diaryl/α,β-unsaturated/α-hetero) is 1. The number of rotatable bonds is 4. The molecule has 43 heavy (non-hydrogen) atoms. The highest BCUT2D eigenvalue weighted by atomic mass is 19.1. The summed E-state index contributed by atoms with van der Waals surface area (Å²) in [6.45, 7) is 4.30. The van der Waals surface area contributed by atoms with E-state index in [2.05, 4.69) is 18.8 Å². The highest BCUT2D eigenvalue weighted by Crippen LogP contribution is 2.53. The lowest BCUT2D eigenvalue weighted by Gasteiger charge is -2.49. The van der Waals surface area contributed by atoms with E-state index in [1.54, 1.807) is 18.3 Å². The van der Waals surface area contributed by atoms with Crippen molar-refractivity contribution in [1.82, 2.24) is 15.0 Å². The molecule has 0 bridgehead atoms. The average molecular weight is 569 g/mol. The Morgan fingerprint density at radius 2 is 1.70 bits per heavy atom. The van der Waals surface area contributed by atoms with E-state index in [1.807, 2.05) is 84.9 Å². The summed E-state index contributed by atoms with van der Waals surface area (Å²) in [6.07, 6.45) is 5.82. The molecule has 0 amide bonds. The van der Waals surface area contributed by atoms with E-state index < -0.39 is 5.41 Å². The van der Waals surface area contributed by atoms with Crippen molar-refractivity contribution >= 4 is 22.4 Å². The molecule has 3 aromatic carbocycles. The van der Waals surface area contributed by atoms with Gasteiger partial charge in [0, 0.05) is 64.1 Å². The zero-order chi connectivity index (χ0) is 29.7. The first kappa shape index (κ1) is 27.1. The molecule has 2 aliphatic carbocycles. The van der Waals surface area contributed by atoms with E-state index in [4.69, 9.17) is 9.97 Å². The van der Waals surface area contributed by atoms with E-state index in [9.17, 15) is 4.79 Å². The van der Waals surface area contributed by atoms with Crippen LogP contribution in [0, 0.1) is 17.7 Å². The first-order valence-corrected chi connectivity index (χ1v) is 14.9. The number of allylic oxidation sites excluding steroid dienone is 1. The number of carbonyl (C=O) groups is 1. The maximum atomic E-state index is 15.4. The lowest BCUT2D eigenvalue weighted by Crippen LogP contribution is -2.48. The molecule has 0 saturated heterocycles. The highest BCUT2D eigenvalue weighted by molar-refractivity contribution is 5.99. The van der Waals surface area contributed by atoms with Crippen LogP contribution >= 0.6 is 0 Å². The average Bonchev–Trinajstić information content (AvgIpc) is 3.03. The minimum atomic E-state index is -0.440. The van der Waals surface area contributed by atoms with Crippen molar-refractivity contribution in [3.05, 3.63) is 120 Å². The summed E-state index contributed by atoms with van der Waals surface area (Å²) >= 11 is 0. The van der Waals surface area contributed by atoms with Crippen molar-refractivity contribution in [1.29, 1.82) is 0 Å². The van der Waals surface area contributed by atoms with E-state index in [0.717, 1.165) is 45.4 Å². The summed E-state index contributed by atoms with van der Waals surface area (Å²) in [5.74, 6) is 0.376. The van der Waals surface area contributed by atoms with Crippen LogP contribution in [0.15, 0.2) is 103 Å². The normalized spacial score (nSPS) is 22.3. The summed E-state index contributed by atoms with van der Waals surface area (Å²) in [5.41, 5.74) is 6.07. The van der Waals surface area contributed by atoms with Gasteiger partial charge in [0.2, 0.25) is 0 Å². The number of hydrogen-bond acceptors (Lipinski definition) is 5. The van der Waals surface area contributed by atoms with Gasteiger partial charge in [0.25, 0.3) is 0 Å². The topological polar surface area (TPSA) is 59.0 Å². The second kappa shape index (κ2) is 10.5. The third-order valence-electron chi connectivity index (χ3n) is 9.49. The number of halogens is 1. The molecule has 0 aliphatic heterocycles. The lowest BCUT2D eigenvalue weighted by atomic mass is 9.55. The monoisotopic (exact) mass is 568 g/mol. The Balaban J connectivity index is 1.44. The van der Waals surface area contributed by atoms with Crippen molar-refractivity contribution in [3.8, 4) is 22.6 Å². The summed E-state index contributed by atoms with van der Waals surface area (Å²) in [4.78, 5) is 30.8. The number of nitrogens with zero attached hydrogens (tertiary/aromatic N) is 4. The minimum absolute atomic E-state index is 0.108. The molecule has 0 radical (unpaired) electrons. The fourth-order valence-corrected chi connectivity index (χ4v) is 7.34. The van der Waals surface area contributed by atoms with E-state index in [0.29, 0.717) is 29.9 Å².